The molecule has 2 atom stereocenters. The van der Waals surface area contributed by atoms with Gasteiger partial charge in [0.05, 0.1) is 0 Å². The molecule has 1 aromatic heterocycles. The number of carbonyl (C=O) groups is 1. The minimum Gasteiger partial charge on any atom is -0.451 e. The van der Waals surface area contributed by atoms with E-state index in [0.717, 1.165) is 16.5 Å². The molecule has 2 aromatic rings. The van der Waals surface area contributed by atoms with Crippen molar-refractivity contribution in [3.8, 4) is 0 Å². The number of hydrogen-bond donors (Lipinski definition) is 1. The van der Waals surface area contributed by atoms with Crippen LogP contribution in [0.1, 0.15) is 30.0 Å². The number of benzene rings is 1. The Kier molecular flexibility index (Phi) is 4.41. The van der Waals surface area contributed by atoms with E-state index in [-0.39, 0.29) is 5.91 Å². The van der Waals surface area contributed by atoms with Crippen LogP contribution in [-0.2, 0) is 6.54 Å². The van der Waals surface area contributed by atoms with Crippen LogP contribution in [0.15, 0.2) is 28.7 Å². The largest absolute Gasteiger partial charge is 0.451 e. The fourth-order valence-electron chi connectivity index (χ4n) is 3.38. The number of rotatable bonds is 3. The van der Waals surface area contributed by atoms with E-state index < -0.39 is 0 Å². The number of piperazine rings is 1. The lowest BCUT2D eigenvalue weighted by Crippen LogP contribution is -2.55. The quantitative estimate of drug-likeness (QED) is 0.944. The second-order valence-electron chi connectivity index (χ2n) is 6.82. The number of nitrogens with one attached hydrogen (secondary N) is 1. The maximum absolute atomic E-state index is 13.0. The Morgan fingerprint density at radius 1 is 1.26 bits per heavy atom. The lowest BCUT2D eigenvalue weighted by Gasteiger charge is -2.35. The summed E-state index contributed by atoms with van der Waals surface area (Å²) in [5.41, 5.74) is 1.76. The van der Waals surface area contributed by atoms with Crippen LogP contribution in [0.2, 0.25) is 0 Å². The summed E-state index contributed by atoms with van der Waals surface area (Å²) in [5.74, 6) is 0.486. The maximum Gasteiger partial charge on any atom is 0.290 e. The fourth-order valence-corrected chi connectivity index (χ4v) is 3.38. The zero-order valence-electron chi connectivity index (χ0n) is 14.3. The van der Waals surface area contributed by atoms with Crippen molar-refractivity contribution in [3.63, 3.8) is 0 Å². The van der Waals surface area contributed by atoms with Crippen molar-refractivity contribution in [2.45, 2.75) is 32.5 Å². The van der Waals surface area contributed by atoms with Gasteiger partial charge in [-0.25, -0.2) is 0 Å². The van der Waals surface area contributed by atoms with E-state index in [2.05, 4.69) is 24.1 Å². The van der Waals surface area contributed by atoms with Crippen molar-refractivity contribution in [2.75, 3.05) is 27.2 Å². The van der Waals surface area contributed by atoms with Gasteiger partial charge in [-0.3, -0.25) is 4.79 Å². The van der Waals surface area contributed by atoms with Crippen molar-refractivity contribution in [2.24, 2.45) is 0 Å². The minimum absolute atomic E-state index is 0.00162. The molecule has 0 radical (unpaired) electrons. The van der Waals surface area contributed by atoms with Crippen LogP contribution in [0.3, 0.4) is 0 Å². The number of para-hydroxylation sites is 1. The number of nitrogens with zero attached hydrogens (tertiary/aromatic N) is 2. The molecule has 0 saturated carbocycles. The zero-order chi connectivity index (χ0) is 16.6. The smallest absolute Gasteiger partial charge is 0.290 e. The van der Waals surface area contributed by atoms with Gasteiger partial charge in [0.1, 0.15) is 5.58 Å². The van der Waals surface area contributed by atoms with Gasteiger partial charge >= 0.3 is 0 Å². The SMILES string of the molecule is C[C@H]1CN(C(=O)c2oc3ccccc3c2CN(C)C)C[C@H](C)N1. The van der Waals surface area contributed by atoms with Crippen LogP contribution in [0.4, 0.5) is 0 Å². The molecule has 1 aliphatic rings. The van der Waals surface area contributed by atoms with Gasteiger partial charge in [0.25, 0.3) is 5.91 Å². The minimum atomic E-state index is -0.00162. The third kappa shape index (κ3) is 3.26. The van der Waals surface area contributed by atoms with Crippen molar-refractivity contribution in [1.29, 1.82) is 0 Å². The molecule has 1 saturated heterocycles. The van der Waals surface area contributed by atoms with Gasteiger partial charge in [-0.1, -0.05) is 18.2 Å². The number of hydrogen-bond acceptors (Lipinski definition) is 4. The first-order valence-corrected chi connectivity index (χ1v) is 8.16. The summed E-state index contributed by atoms with van der Waals surface area (Å²) in [6.07, 6.45) is 0. The summed E-state index contributed by atoms with van der Waals surface area (Å²) in [7, 11) is 4.01. The molecule has 3 rings (SSSR count). The summed E-state index contributed by atoms with van der Waals surface area (Å²) in [4.78, 5) is 17.0. The highest BCUT2D eigenvalue weighted by Crippen LogP contribution is 2.28. The highest BCUT2D eigenvalue weighted by atomic mass is 16.3. The van der Waals surface area contributed by atoms with Crippen LogP contribution in [0.25, 0.3) is 11.0 Å². The lowest BCUT2D eigenvalue weighted by atomic mass is 10.1. The molecular weight excluding hydrogens is 290 g/mol. The predicted molar refractivity (Wildman–Crippen MR) is 91.6 cm³/mol. The van der Waals surface area contributed by atoms with Gasteiger partial charge in [0, 0.05) is 42.7 Å². The normalized spacial score (nSPS) is 22.0. The van der Waals surface area contributed by atoms with Crippen molar-refractivity contribution >= 4 is 16.9 Å². The Labute approximate surface area is 137 Å². The van der Waals surface area contributed by atoms with Gasteiger partial charge in [-0.05, 0) is 34.0 Å². The number of fused-ring (bicyclic) bond motifs is 1. The van der Waals surface area contributed by atoms with Crippen molar-refractivity contribution in [3.05, 3.63) is 35.6 Å². The predicted octanol–water partition coefficient (Wildman–Crippen LogP) is 2.32. The molecule has 1 amide bonds. The Morgan fingerprint density at radius 3 is 2.57 bits per heavy atom. The summed E-state index contributed by atoms with van der Waals surface area (Å²) < 4.78 is 5.95. The molecule has 2 heterocycles. The summed E-state index contributed by atoms with van der Waals surface area (Å²) >= 11 is 0. The Hall–Kier alpha value is -1.85. The van der Waals surface area contributed by atoms with Crippen LogP contribution < -0.4 is 5.32 Å². The molecule has 0 spiro atoms. The van der Waals surface area contributed by atoms with Gasteiger partial charge in [-0.15, -0.1) is 0 Å². The number of furan rings is 1. The number of carbonyl (C=O) groups excluding carboxylic acids is 1. The van der Waals surface area contributed by atoms with E-state index >= 15 is 0 Å². The van der Waals surface area contributed by atoms with Crippen molar-refractivity contribution < 1.29 is 9.21 Å². The first-order chi connectivity index (χ1) is 11.0. The van der Waals surface area contributed by atoms with E-state index in [1.165, 1.54) is 0 Å². The number of amides is 1. The van der Waals surface area contributed by atoms with E-state index in [1.807, 2.05) is 43.3 Å². The molecule has 0 bridgehead atoms. The monoisotopic (exact) mass is 315 g/mol. The molecule has 23 heavy (non-hydrogen) atoms. The molecule has 1 N–H and O–H groups in total. The van der Waals surface area contributed by atoms with Gasteiger partial charge < -0.3 is 19.5 Å². The standard InChI is InChI=1S/C18H25N3O2/c1-12-9-21(10-13(2)19-12)18(22)17-15(11-20(3)4)14-7-5-6-8-16(14)23-17/h5-8,12-13,19H,9-11H2,1-4H3/t12-,13-/m0/s1. The average Bonchev–Trinajstić information content (AvgIpc) is 2.84. The van der Waals surface area contributed by atoms with Crippen LogP contribution in [-0.4, -0.2) is 55.0 Å². The highest BCUT2D eigenvalue weighted by molar-refractivity contribution is 5.99. The summed E-state index contributed by atoms with van der Waals surface area (Å²) in [6.45, 7) is 6.32. The molecule has 0 aliphatic carbocycles. The Bertz CT molecular complexity index is 697. The van der Waals surface area contributed by atoms with Crippen LogP contribution in [0.5, 0.6) is 0 Å². The lowest BCUT2D eigenvalue weighted by molar-refractivity contribution is 0.0641. The topological polar surface area (TPSA) is 48.7 Å². The van der Waals surface area contributed by atoms with Crippen LogP contribution in [0, 0.1) is 0 Å². The molecule has 0 unspecified atom stereocenters. The second kappa shape index (κ2) is 6.34. The molecule has 5 heteroatoms. The van der Waals surface area contributed by atoms with Crippen LogP contribution >= 0.6 is 0 Å². The van der Waals surface area contributed by atoms with Gasteiger partial charge in [0.15, 0.2) is 5.76 Å². The first kappa shape index (κ1) is 16.0. The van der Waals surface area contributed by atoms with Gasteiger partial charge in [0.2, 0.25) is 0 Å². The van der Waals surface area contributed by atoms with Gasteiger partial charge in [-0.2, -0.15) is 0 Å². The molecule has 5 nitrogen and oxygen atoms in total. The molecule has 1 fully saturated rings. The highest BCUT2D eigenvalue weighted by Gasteiger charge is 2.30. The average molecular weight is 315 g/mol. The maximum atomic E-state index is 13.0. The first-order valence-electron chi connectivity index (χ1n) is 8.16. The van der Waals surface area contributed by atoms with E-state index in [1.54, 1.807) is 0 Å². The molecule has 1 aromatic carbocycles. The van der Waals surface area contributed by atoms with E-state index in [9.17, 15) is 4.79 Å². The third-order valence-corrected chi connectivity index (χ3v) is 4.21. The third-order valence-electron chi connectivity index (χ3n) is 4.21. The Balaban J connectivity index is 1.99. The van der Waals surface area contributed by atoms with E-state index in [0.29, 0.717) is 37.5 Å². The van der Waals surface area contributed by atoms with Crippen molar-refractivity contribution in [1.82, 2.24) is 15.1 Å². The summed E-state index contributed by atoms with van der Waals surface area (Å²) in [6, 6.07) is 8.47. The van der Waals surface area contributed by atoms with E-state index in [4.69, 9.17) is 4.42 Å². The molecular formula is C18H25N3O2. The summed E-state index contributed by atoms with van der Waals surface area (Å²) in [5, 5.41) is 4.48. The Morgan fingerprint density at radius 2 is 1.91 bits per heavy atom. The second-order valence-corrected chi connectivity index (χ2v) is 6.82. The zero-order valence-corrected chi connectivity index (χ0v) is 14.3. The molecule has 1 aliphatic heterocycles. The molecule has 124 valence electrons. The fraction of sp³-hybridized carbons (Fsp3) is 0.500.